The van der Waals surface area contributed by atoms with E-state index in [0.717, 1.165) is 0 Å². The van der Waals surface area contributed by atoms with E-state index in [1.165, 1.54) is 12.2 Å². The highest BCUT2D eigenvalue weighted by Gasteiger charge is 2.16. The van der Waals surface area contributed by atoms with Crippen LogP contribution in [0.4, 0.5) is 13.6 Å². The number of alkyl halides is 2. The molecule has 16 heavy (non-hydrogen) atoms. The van der Waals surface area contributed by atoms with E-state index in [1.807, 2.05) is 0 Å². The first kappa shape index (κ1) is 14.6. The zero-order chi connectivity index (χ0) is 12.4. The fourth-order valence-corrected chi connectivity index (χ4v) is 0.940. The lowest BCUT2D eigenvalue weighted by Crippen LogP contribution is -2.22. The molecule has 5 heteroatoms. The van der Waals surface area contributed by atoms with Crippen LogP contribution in [0, 0.1) is 0 Å². The molecule has 0 aliphatic carbocycles. The monoisotopic (exact) mass is 234 g/mol. The fourth-order valence-electron chi connectivity index (χ4n) is 0.940. The van der Waals surface area contributed by atoms with Crippen molar-refractivity contribution in [3.8, 4) is 0 Å². The molecule has 0 aromatic carbocycles. The smallest absolute Gasteiger partial charge is 0.427 e. The quantitative estimate of drug-likeness (QED) is 0.478. The number of hydrogen-bond donors (Lipinski definition) is 0. The Morgan fingerprint density at radius 2 is 1.44 bits per heavy atom. The zero-order valence-corrected chi connectivity index (χ0v) is 9.03. The maximum absolute atomic E-state index is 12.0. The van der Waals surface area contributed by atoms with Gasteiger partial charge in [0.1, 0.15) is 12.2 Å². The molecule has 2 atom stereocenters. The molecule has 0 saturated heterocycles. The van der Waals surface area contributed by atoms with E-state index in [0.29, 0.717) is 0 Å². The zero-order valence-electron chi connectivity index (χ0n) is 9.03. The molecule has 0 fully saturated rings. The summed E-state index contributed by atoms with van der Waals surface area (Å²) in [5.41, 5.74) is 0. The Balaban J connectivity index is 4.03. The molecular formula is C11H16F2O3. The second-order valence-corrected chi connectivity index (χ2v) is 2.99. The van der Waals surface area contributed by atoms with Crippen LogP contribution >= 0.6 is 0 Å². The standard InChI is InChI=1S/C11H16F2O3/c1-3-9(5-7-12)15-11(14)16-10(4-2)6-8-13/h3-4,9-10H,1-2,5-8H2. The third-order valence-electron chi connectivity index (χ3n) is 1.81. The molecule has 0 amide bonds. The van der Waals surface area contributed by atoms with Gasteiger partial charge in [-0.15, -0.1) is 0 Å². The summed E-state index contributed by atoms with van der Waals surface area (Å²) >= 11 is 0. The van der Waals surface area contributed by atoms with Gasteiger partial charge >= 0.3 is 6.16 Å². The Bertz CT molecular complexity index is 209. The predicted octanol–water partition coefficient (Wildman–Crippen LogP) is 2.97. The van der Waals surface area contributed by atoms with Crippen LogP contribution in [0.5, 0.6) is 0 Å². The molecule has 0 aromatic heterocycles. The van der Waals surface area contributed by atoms with Gasteiger partial charge in [0.25, 0.3) is 0 Å². The molecule has 0 aliphatic rings. The average molecular weight is 234 g/mol. The number of carbonyl (C=O) groups excluding carboxylic acids is 1. The number of halogens is 2. The van der Waals surface area contributed by atoms with E-state index in [-0.39, 0.29) is 12.8 Å². The molecule has 0 aliphatic heterocycles. The van der Waals surface area contributed by atoms with E-state index in [2.05, 4.69) is 13.2 Å². The lowest BCUT2D eigenvalue weighted by molar-refractivity contribution is 0.0154. The minimum atomic E-state index is -0.975. The second-order valence-electron chi connectivity index (χ2n) is 2.99. The molecule has 0 spiro atoms. The maximum Gasteiger partial charge on any atom is 0.509 e. The van der Waals surface area contributed by atoms with Gasteiger partial charge in [-0.1, -0.05) is 25.3 Å². The van der Waals surface area contributed by atoms with Gasteiger partial charge < -0.3 is 9.47 Å². The lowest BCUT2D eigenvalue weighted by atomic mass is 10.3. The van der Waals surface area contributed by atoms with Crippen molar-refractivity contribution in [2.75, 3.05) is 13.3 Å². The molecule has 0 rings (SSSR count). The van der Waals surface area contributed by atoms with Crippen molar-refractivity contribution in [3.63, 3.8) is 0 Å². The van der Waals surface area contributed by atoms with Crippen LogP contribution in [0.1, 0.15) is 12.8 Å². The molecular weight excluding hydrogens is 218 g/mol. The SMILES string of the molecule is C=CC(CCF)OC(=O)OC(C=C)CCF. The van der Waals surface area contributed by atoms with Crippen molar-refractivity contribution < 1.29 is 23.0 Å². The van der Waals surface area contributed by atoms with Gasteiger partial charge in [0.15, 0.2) is 0 Å². The van der Waals surface area contributed by atoms with Crippen LogP contribution in [0.2, 0.25) is 0 Å². The number of rotatable bonds is 8. The van der Waals surface area contributed by atoms with Gasteiger partial charge in [0.2, 0.25) is 0 Å². The number of hydrogen-bond acceptors (Lipinski definition) is 3. The topological polar surface area (TPSA) is 35.5 Å². The molecule has 0 aromatic rings. The van der Waals surface area contributed by atoms with E-state index in [1.54, 1.807) is 0 Å². The Hall–Kier alpha value is -1.39. The first-order valence-electron chi connectivity index (χ1n) is 4.92. The highest BCUT2D eigenvalue weighted by Crippen LogP contribution is 2.07. The molecule has 0 saturated carbocycles. The Labute approximate surface area is 93.7 Å². The van der Waals surface area contributed by atoms with Crippen LogP contribution < -0.4 is 0 Å². The summed E-state index contributed by atoms with van der Waals surface area (Å²) < 4.78 is 33.4. The largest absolute Gasteiger partial charge is 0.509 e. The van der Waals surface area contributed by atoms with Gasteiger partial charge in [0.05, 0.1) is 13.3 Å². The normalized spacial score (nSPS) is 13.6. The molecule has 3 nitrogen and oxygen atoms in total. The Morgan fingerprint density at radius 3 is 1.69 bits per heavy atom. The van der Waals surface area contributed by atoms with Crippen LogP contribution in [0.15, 0.2) is 25.3 Å². The van der Waals surface area contributed by atoms with Gasteiger partial charge in [-0.3, -0.25) is 8.78 Å². The maximum atomic E-state index is 12.0. The highest BCUT2D eigenvalue weighted by molar-refractivity contribution is 5.60. The third kappa shape index (κ3) is 6.16. The summed E-state index contributed by atoms with van der Waals surface area (Å²) in [6, 6.07) is 0. The van der Waals surface area contributed by atoms with Gasteiger partial charge in [-0.25, -0.2) is 4.79 Å². The van der Waals surface area contributed by atoms with Crippen molar-refractivity contribution in [2.24, 2.45) is 0 Å². The Morgan fingerprint density at radius 1 is 1.06 bits per heavy atom. The number of ether oxygens (including phenoxy) is 2. The first-order valence-corrected chi connectivity index (χ1v) is 4.92. The molecule has 0 heterocycles. The summed E-state index contributed by atoms with van der Waals surface area (Å²) in [6.07, 6.45) is 0.233. The summed E-state index contributed by atoms with van der Waals surface area (Å²) in [6.45, 7) is 5.53. The van der Waals surface area contributed by atoms with E-state index < -0.39 is 31.7 Å². The molecule has 0 radical (unpaired) electrons. The van der Waals surface area contributed by atoms with Crippen molar-refractivity contribution >= 4 is 6.16 Å². The van der Waals surface area contributed by atoms with Crippen LogP contribution in [-0.2, 0) is 9.47 Å². The van der Waals surface area contributed by atoms with Crippen molar-refractivity contribution in [1.29, 1.82) is 0 Å². The Kier molecular flexibility index (Phi) is 8.11. The van der Waals surface area contributed by atoms with Crippen LogP contribution in [0.25, 0.3) is 0 Å². The molecule has 0 bridgehead atoms. The summed E-state index contributed by atoms with van der Waals surface area (Å²) in [5, 5.41) is 0. The molecule has 92 valence electrons. The molecule has 2 unspecified atom stereocenters. The third-order valence-corrected chi connectivity index (χ3v) is 1.81. The van der Waals surface area contributed by atoms with Crippen molar-refractivity contribution in [1.82, 2.24) is 0 Å². The first-order chi connectivity index (χ1) is 7.67. The predicted molar refractivity (Wildman–Crippen MR) is 56.7 cm³/mol. The van der Waals surface area contributed by atoms with Crippen molar-refractivity contribution in [3.05, 3.63) is 25.3 Å². The summed E-state index contributed by atoms with van der Waals surface area (Å²) in [7, 11) is 0. The summed E-state index contributed by atoms with van der Waals surface area (Å²) in [4.78, 5) is 11.1. The number of carbonyl (C=O) groups is 1. The van der Waals surface area contributed by atoms with E-state index in [9.17, 15) is 13.6 Å². The van der Waals surface area contributed by atoms with Crippen molar-refractivity contribution in [2.45, 2.75) is 25.0 Å². The lowest BCUT2D eigenvalue weighted by Gasteiger charge is -2.15. The molecule has 0 N–H and O–H groups in total. The van der Waals surface area contributed by atoms with Crippen LogP contribution in [-0.4, -0.2) is 31.7 Å². The van der Waals surface area contributed by atoms with E-state index in [4.69, 9.17) is 9.47 Å². The minimum absolute atomic E-state index is 0.0282. The van der Waals surface area contributed by atoms with E-state index >= 15 is 0 Å². The fraction of sp³-hybridized carbons (Fsp3) is 0.545. The average Bonchev–Trinajstić information content (AvgIpc) is 2.27. The van der Waals surface area contributed by atoms with Gasteiger partial charge in [-0.2, -0.15) is 0 Å². The van der Waals surface area contributed by atoms with Crippen LogP contribution in [0.3, 0.4) is 0 Å². The highest BCUT2D eigenvalue weighted by atomic mass is 19.1. The van der Waals surface area contributed by atoms with Gasteiger partial charge in [-0.05, 0) is 0 Å². The minimum Gasteiger partial charge on any atom is -0.427 e. The van der Waals surface area contributed by atoms with Gasteiger partial charge in [0, 0.05) is 12.8 Å². The second kappa shape index (κ2) is 8.88. The summed E-state index contributed by atoms with van der Waals surface area (Å²) in [5.74, 6) is 0.